The predicted octanol–water partition coefficient (Wildman–Crippen LogP) is 19.4. The van der Waals surface area contributed by atoms with E-state index in [9.17, 15) is 0 Å². The Hall–Kier alpha value is -3.58. The molecule has 6 heterocycles. The average molecular weight is 1570 g/mol. The minimum Gasteiger partial charge on any atom is -0.354 e. The van der Waals surface area contributed by atoms with Gasteiger partial charge in [-0.1, -0.05) is 130 Å². The van der Waals surface area contributed by atoms with E-state index in [1.165, 1.54) is 77.0 Å². The van der Waals surface area contributed by atoms with E-state index in [4.69, 9.17) is 60.7 Å². The van der Waals surface area contributed by atoms with Gasteiger partial charge in [-0.2, -0.15) is 50.2 Å². The van der Waals surface area contributed by atoms with E-state index in [1.807, 2.05) is 0 Å². The maximum absolute atomic E-state index is 7.51. The molecule has 0 unspecified atom stereocenters. The molecule has 2 aromatic rings. The number of piperidine rings is 4. The number of hydroxylamine groups is 8. The molecular weight excluding hydrogens is 1400 g/mol. The fourth-order valence-electron chi connectivity index (χ4n) is 22.2. The van der Waals surface area contributed by atoms with Crippen LogP contribution in [0.4, 0.5) is 35.7 Å². The summed E-state index contributed by atoms with van der Waals surface area (Å²) in [5.74, 6) is 4.30. The summed E-state index contributed by atoms with van der Waals surface area (Å²) in [4.78, 5) is 72.3. The van der Waals surface area contributed by atoms with Gasteiger partial charge in [-0.25, -0.2) is 0 Å². The molecule has 0 radical (unpaired) electrons. The van der Waals surface area contributed by atoms with Crippen molar-refractivity contribution in [1.82, 2.24) is 50.2 Å². The molecule has 4 aliphatic heterocycles. The Bertz CT molecular complexity index is 2690. The molecule has 0 aromatic carbocycles. The summed E-state index contributed by atoms with van der Waals surface area (Å²) < 4.78 is 0. The molecule has 112 heavy (non-hydrogen) atoms. The van der Waals surface area contributed by atoms with Crippen LogP contribution in [0.25, 0.3) is 0 Å². The highest BCUT2D eigenvalue weighted by Crippen LogP contribution is 2.49. The summed E-state index contributed by atoms with van der Waals surface area (Å²) in [7, 11) is 0. The second-order valence-electron chi connectivity index (χ2n) is 41.7. The first-order valence-electron chi connectivity index (χ1n) is 46.5. The van der Waals surface area contributed by atoms with Crippen molar-refractivity contribution in [1.29, 1.82) is 0 Å². The highest BCUT2D eigenvalue weighted by molar-refractivity contribution is 5.49. The molecule has 10 rings (SSSR count). The lowest BCUT2D eigenvalue weighted by atomic mass is 9.78. The van der Waals surface area contributed by atoms with Crippen molar-refractivity contribution in [2.45, 2.75) is 494 Å². The van der Waals surface area contributed by atoms with Gasteiger partial charge in [-0.05, 0) is 265 Å². The third-order valence-electron chi connectivity index (χ3n) is 27.2. The van der Waals surface area contributed by atoms with Gasteiger partial charge in [-0.15, -0.1) is 0 Å². The van der Waals surface area contributed by atoms with Crippen molar-refractivity contribution in [2.75, 3.05) is 76.0 Å². The molecule has 22 heteroatoms. The molecule has 4 saturated heterocycles. The fraction of sp³-hybridized carbons (Fsp3) is 0.933. The fourth-order valence-corrected chi connectivity index (χ4v) is 22.2. The van der Waals surface area contributed by atoms with Crippen LogP contribution in [0.5, 0.6) is 0 Å². The predicted molar refractivity (Wildman–Crippen MR) is 464 cm³/mol. The Morgan fingerprint density at radius 3 is 0.723 bits per heavy atom. The van der Waals surface area contributed by atoms with Crippen molar-refractivity contribution < 1.29 is 19.4 Å². The molecule has 2 aromatic heterocycles. The normalized spacial score (nSPS) is 24.3. The quantitative estimate of drug-likeness (QED) is 0.0458. The summed E-state index contributed by atoms with van der Waals surface area (Å²) in [5.41, 5.74) is 11.9. The van der Waals surface area contributed by atoms with Gasteiger partial charge < -0.3 is 41.7 Å². The minimum absolute atomic E-state index is 0.181. The summed E-state index contributed by atoms with van der Waals surface area (Å²) >= 11 is 0. The number of hydrogen-bond acceptors (Lipinski definition) is 22. The number of rotatable bonds is 39. The smallest absolute Gasteiger partial charge is 0.232 e. The highest BCUT2D eigenvalue weighted by atomic mass is 16.7. The van der Waals surface area contributed by atoms with Crippen LogP contribution in [-0.4, -0.2) is 194 Å². The number of unbranched alkanes of at least 4 members (excludes halogenated alkanes) is 4. The Labute approximate surface area is 683 Å². The number of aromatic nitrogens is 6. The van der Waals surface area contributed by atoms with Crippen LogP contribution in [0.3, 0.4) is 0 Å². The van der Waals surface area contributed by atoms with Crippen LogP contribution in [0.15, 0.2) is 0 Å². The maximum atomic E-state index is 7.51. The van der Waals surface area contributed by atoms with Gasteiger partial charge in [0, 0.05) is 120 Å². The van der Waals surface area contributed by atoms with Crippen LogP contribution < -0.4 is 41.7 Å². The van der Waals surface area contributed by atoms with Gasteiger partial charge in [-0.3, -0.25) is 19.4 Å². The topological polar surface area (TPSA) is 216 Å². The van der Waals surface area contributed by atoms with E-state index in [1.54, 1.807) is 0 Å². The summed E-state index contributed by atoms with van der Waals surface area (Å²) in [6, 6.07) is 0.722. The summed E-state index contributed by atoms with van der Waals surface area (Å²) in [6.45, 7) is 52.6. The number of anilines is 6. The van der Waals surface area contributed by atoms with Crippen LogP contribution >= 0.6 is 0 Å². The van der Waals surface area contributed by atoms with Crippen molar-refractivity contribution in [3.8, 4) is 0 Å². The Kier molecular flexibility index (Phi) is 32.0. The Balaban J connectivity index is 0.904. The lowest BCUT2D eigenvalue weighted by Crippen LogP contribution is -2.65. The molecule has 8 fully saturated rings. The standard InChI is InChI=1S/C90H168N18O4/c1-21-25-55-101(68-59-82(5,6)105(83(7,8)60-68)109-72-43-33-29-34-44-72)78-95-76(96-79(99-78)102(56-26-22-2)69-61-84(9,10)106(85(11,12)62-69)110-73-45-35-30-36-46-73)93-53-41-51-90(92,67-91)52-42-54-94-77-97-80(103(57-27-23-3)70-63-86(13,14)107(87(15,16)64-70)111-74-47-37-31-38-48-74)100-81(98-77)104(58-28-24-4)71-65-88(17,18)108(89(19,20)66-71)112-75-49-39-32-40-50-75/h68-75H,21-67,91-92H2,1-20H3,(H,93,95,96,99)(H,94,97,98,100). The molecule has 4 saturated carbocycles. The number of nitrogens with zero attached hydrogens (tertiary/aromatic N) is 14. The van der Waals surface area contributed by atoms with Gasteiger partial charge in [0.2, 0.25) is 35.7 Å². The van der Waals surface area contributed by atoms with Crippen LogP contribution in [0.1, 0.15) is 395 Å². The van der Waals surface area contributed by atoms with E-state index in [2.05, 4.69) is 189 Å². The molecule has 0 atom stereocenters. The lowest BCUT2D eigenvalue weighted by molar-refractivity contribution is -0.310. The third kappa shape index (κ3) is 23.7. The average Bonchev–Trinajstić information content (AvgIpc) is 0.762. The third-order valence-corrected chi connectivity index (χ3v) is 27.2. The van der Waals surface area contributed by atoms with Gasteiger partial charge in [0.05, 0.1) is 24.4 Å². The summed E-state index contributed by atoms with van der Waals surface area (Å²) in [6.07, 6.45) is 44.2. The van der Waals surface area contributed by atoms with Crippen molar-refractivity contribution in [3.63, 3.8) is 0 Å². The van der Waals surface area contributed by atoms with Crippen molar-refractivity contribution in [2.24, 2.45) is 11.5 Å². The van der Waals surface area contributed by atoms with E-state index in [0.717, 1.165) is 230 Å². The van der Waals surface area contributed by atoms with Crippen LogP contribution in [0, 0.1) is 0 Å². The summed E-state index contributed by atoms with van der Waals surface area (Å²) in [5, 5.41) is 17.3. The molecule has 0 spiro atoms. The SMILES string of the molecule is CCCCN(c1nc(NCCCC(N)(CN)CCCNc2nc(N(CCCC)C3CC(C)(C)N(OC4CCCCC4)C(C)(C)C3)nc(N(CCCC)C3CC(C)(C)N(OC4CCCCC4)C(C)(C)C3)n2)nc(N(CCCC)C2CC(C)(C)N(OC3CCCCC3)C(C)(C)C2)n1)C1CC(C)(C)N(OC2CCCCC2)C(C)(C)C1. The molecule has 0 bridgehead atoms. The van der Waals surface area contributed by atoms with Crippen molar-refractivity contribution in [3.05, 3.63) is 0 Å². The maximum Gasteiger partial charge on any atom is 0.232 e. The van der Waals surface area contributed by atoms with Gasteiger partial charge >= 0.3 is 0 Å². The molecule has 8 aliphatic rings. The lowest BCUT2D eigenvalue weighted by Gasteiger charge is -2.57. The van der Waals surface area contributed by atoms with Crippen molar-refractivity contribution >= 4 is 35.7 Å². The molecule has 4 aliphatic carbocycles. The van der Waals surface area contributed by atoms with E-state index < -0.39 is 5.54 Å². The number of nitrogens with two attached hydrogens (primary N) is 2. The first-order chi connectivity index (χ1) is 53.0. The van der Waals surface area contributed by atoms with Crippen LogP contribution in [0.2, 0.25) is 0 Å². The van der Waals surface area contributed by atoms with Crippen LogP contribution in [-0.2, 0) is 19.4 Å². The van der Waals surface area contributed by atoms with E-state index in [0.29, 0.717) is 31.5 Å². The molecule has 6 N–H and O–H groups in total. The monoisotopic (exact) mass is 1570 g/mol. The second kappa shape index (κ2) is 39.5. The number of nitrogens with one attached hydrogen (secondary N) is 2. The molecular formula is C90H168N18O4. The molecule has 642 valence electrons. The van der Waals surface area contributed by atoms with E-state index >= 15 is 0 Å². The van der Waals surface area contributed by atoms with E-state index in [-0.39, 0.29) is 92.9 Å². The van der Waals surface area contributed by atoms with Gasteiger partial charge in [0.25, 0.3) is 0 Å². The zero-order valence-corrected chi connectivity index (χ0v) is 75.4. The Morgan fingerprint density at radius 1 is 0.330 bits per heavy atom. The zero-order valence-electron chi connectivity index (χ0n) is 75.4. The second-order valence-corrected chi connectivity index (χ2v) is 41.7. The zero-order chi connectivity index (χ0) is 80.9. The Morgan fingerprint density at radius 2 is 0.536 bits per heavy atom. The largest absolute Gasteiger partial charge is 0.354 e. The molecule has 22 nitrogen and oxygen atoms in total. The molecule has 0 amide bonds. The minimum atomic E-state index is -0.606. The number of hydrogen-bond donors (Lipinski definition) is 4. The highest BCUT2D eigenvalue weighted by Gasteiger charge is 2.55. The van der Waals surface area contributed by atoms with Gasteiger partial charge in [0.15, 0.2) is 0 Å². The first kappa shape index (κ1) is 90.7. The first-order valence-corrected chi connectivity index (χ1v) is 46.5. The van der Waals surface area contributed by atoms with Gasteiger partial charge in [0.1, 0.15) is 0 Å².